The van der Waals surface area contributed by atoms with E-state index in [4.69, 9.17) is 4.74 Å². The van der Waals surface area contributed by atoms with Gasteiger partial charge in [0.05, 0.1) is 5.60 Å². The van der Waals surface area contributed by atoms with E-state index in [-0.39, 0.29) is 11.8 Å². The number of carbonyl (C=O) groups is 1. The molecule has 0 unspecified atom stereocenters. The van der Waals surface area contributed by atoms with Crippen LogP contribution in [-0.2, 0) is 4.74 Å². The van der Waals surface area contributed by atoms with Crippen LogP contribution in [0.2, 0.25) is 0 Å². The van der Waals surface area contributed by atoms with Crippen molar-refractivity contribution < 1.29 is 14.6 Å². The average Bonchev–Trinajstić information content (AvgIpc) is 3.34. The number of nitrogens with zero attached hydrogens (tertiary/aromatic N) is 2. The van der Waals surface area contributed by atoms with Crippen LogP contribution in [0.1, 0.15) is 55.6 Å². The van der Waals surface area contributed by atoms with Crippen molar-refractivity contribution in [2.45, 2.75) is 50.7 Å². The molecule has 1 aromatic heterocycles. The number of aromatic nitrogens is 1. The van der Waals surface area contributed by atoms with Gasteiger partial charge < -0.3 is 19.3 Å². The zero-order valence-corrected chi connectivity index (χ0v) is 14.5. The van der Waals surface area contributed by atoms with Crippen molar-refractivity contribution in [3.8, 4) is 0 Å². The average molecular weight is 332 g/mol. The van der Waals surface area contributed by atoms with Crippen molar-refractivity contribution in [3.63, 3.8) is 0 Å². The molecule has 5 heteroatoms. The van der Waals surface area contributed by atoms with Gasteiger partial charge in [-0.3, -0.25) is 4.79 Å². The van der Waals surface area contributed by atoms with Gasteiger partial charge in [-0.2, -0.15) is 0 Å². The summed E-state index contributed by atoms with van der Waals surface area (Å²) in [6, 6.07) is 4.42. The number of rotatable bonds is 3. The first kappa shape index (κ1) is 16.2. The minimum absolute atomic E-state index is 0.0997. The molecule has 1 saturated carbocycles. The van der Waals surface area contributed by atoms with Gasteiger partial charge in [0, 0.05) is 44.5 Å². The van der Waals surface area contributed by atoms with Gasteiger partial charge >= 0.3 is 0 Å². The maximum absolute atomic E-state index is 13.0. The van der Waals surface area contributed by atoms with Crippen molar-refractivity contribution >= 4 is 5.91 Å². The summed E-state index contributed by atoms with van der Waals surface area (Å²) in [6.07, 6.45) is 6.91. The van der Waals surface area contributed by atoms with Crippen molar-refractivity contribution in [1.82, 2.24) is 9.47 Å². The summed E-state index contributed by atoms with van der Waals surface area (Å²) in [6.45, 7) is 4.87. The molecule has 3 fully saturated rings. The second-order valence-electron chi connectivity index (χ2n) is 7.81. The van der Waals surface area contributed by atoms with E-state index in [1.807, 2.05) is 23.2 Å². The number of ether oxygens (including phenoxy) is 1. The molecule has 1 aromatic rings. The molecule has 2 aliphatic heterocycles. The molecule has 2 saturated heterocycles. The van der Waals surface area contributed by atoms with E-state index in [1.54, 1.807) is 0 Å². The van der Waals surface area contributed by atoms with E-state index in [1.165, 1.54) is 12.8 Å². The lowest BCUT2D eigenvalue weighted by atomic mass is 9.70. The molecule has 1 amide bonds. The Morgan fingerprint density at radius 3 is 2.71 bits per heavy atom. The maximum atomic E-state index is 13.0. The molecular weight excluding hydrogens is 304 g/mol. The fraction of sp³-hybridized carbons (Fsp3) is 0.737. The molecule has 4 rings (SSSR count). The lowest BCUT2D eigenvalue weighted by Crippen LogP contribution is -2.57. The fourth-order valence-corrected chi connectivity index (χ4v) is 4.54. The van der Waals surface area contributed by atoms with E-state index >= 15 is 0 Å². The lowest BCUT2D eigenvalue weighted by molar-refractivity contribution is -0.125. The first-order chi connectivity index (χ1) is 11.6. The topological polar surface area (TPSA) is 54.7 Å². The summed E-state index contributed by atoms with van der Waals surface area (Å²) < 4.78 is 7.57. The normalized spacial score (nSPS) is 32.1. The molecule has 0 radical (unpaired) electrons. The Labute approximate surface area is 143 Å². The van der Waals surface area contributed by atoms with E-state index in [2.05, 4.69) is 11.5 Å². The van der Waals surface area contributed by atoms with E-state index in [0.29, 0.717) is 31.5 Å². The van der Waals surface area contributed by atoms with Gasteiger partial charge in [0.25, 0.3) is 5.91 Å². The van der Waals surface area contributed by atoms with Gasteiger partial charge in [-0.25, -0.2) is 0 Å². The van der Waals surface area contributed by atoms with Crippen LogP contribution < -0.4 is 0 Å². The van der Waals surface area contributed by atoms with Gasteiger partial charge in [0.1, 0.15) is 5.69 Å². The minimum Gasteiger partial charge on any atom is -0.389 e. The number of amides is 1. The Bertz CT molecular complexity index is 604. The van der Waals surface area contributed by atoms with Gasteiger partial charge in [0.15, 0.2) is 0 Å². The second kappa shape index (κ2) is 6.19. The predicted octanol–water partition coefficient (Wildman–Crippen LogP) is 2.46. The van der Waals surface area contributed by atoms with Crippen LogP contribution in [0.5, 0.6) is 0 Å². The molecule has 3 aliphatic rings. The fourth-order valence-electron chi connectivity index (χ4n) is 4.54. The summed E-state index contributed by atoms with van der Waals surface area (Å²) in [5.41, 5.74) is 0.153. The summed E-state index contributed by atoms with van der Waals surface area (Å²) in [4.78, 5) is 14.9. The molecule has 132 valence electrons. The number of carbonyl (C=O) groups excluding carboxylic acids is 1. The molecule has 1 aliphatic carbocycles. The van der Waals surface area contributed by atoms with Crippen LogP contribution in [0.15, 0.2) is 18.3 Å². The number of aliphatic hydroxyl groups is 1. The quantitative estimate of drug-likeness (QED) is 0.925. The van der Waals surface area contributed by atoms with E-state index in [9.17, 15) is 9.90 Å². The first-order valence-electron chi connectivity index (χ1n) is 9.36. The van der Waals surface area contributed by atoms with Crippen LogP contribution in [0.3, 0.4) is 0 Å². The third kappa shape index (κ3) is 2.78. The van der Waals surface area contributed by atoms with Gasteiger partial charge in [0.2, 0.25) is 0 Å². The SMILES string of the molecule is C[C@@H]1CN(C(=O)c2cccn2C2CC2)CC[C@@]1(O)C1CCOCC1. The highest BCUT2D eigenvalue weighted by molar-refractivity contribution is 5.93. The first-order valence-corrected chi connectivity index (χ1v) is 9.36. The molecular formula is C19H28N2O3. The Morgan fingerprint density at radius 2 is 2.04 bits per heavy atom. The van der Waals surface area contributed by atoms with Gasteiger partial charge in [-0.1, -0.05) is 6.92 Å². The Morgan fingerprint density at radius 1 is 1.29 bits per heavy atom. The third-order valence-corrected chi connectivity index (χ3v) is 6.28. The number of piperidine rings is 1. The molecule has 24 heavy (non-hydrogen) atoms. The maximum Gasteiger partial charge on any atom is 0.270 e. The lowest BCUT2D eigenvalue weighted by Gasteiger charge is -2.48. The molecule has 3 heterocycles. The predicted molar refractivity (Wildman–Crippen MR) is 90.9 cm³/mol. The van der Waals surface area contributed by atoms with E-state index in [0.717, 1.165) is 31.7 Å². The van der Waals surface area contributed by atoms with Crippen LogP contribution in [0.25, 0.3) is 0 Å². The standard InChI is InChI=1S/C19H28N2O3/c1-14-13-20(10-8-19(14,23)15-6-11-24-12-7-15)18(22)17-3-2-9-21(17)16-4-5-16/h2-3,9,14-16,23H,4-8,10-13H2,1H3/t14-,19+/m1/s1. The molecule has 5 nitrogen and oxygen atoms in total. The molecule has 1 N–H and O–H groups in total. The Hall–Kier alpha value is -1.33. The van der Waals surface area contributed by atoms with Crippen LogP contribution in [-0.4, -0.2) is 52.4 Å². The largest absolute Gasteiger partial charge is 0.389 e. The highest BCUT2D eigenvalue weighted by atomic mass is 16.5. The minimum atomic E-state index is -0.654. The van der Waals surface area contributed by atoms with Crippen molar-refractivity contribution in [3.05, 3.63) is 24.0 Å². The Balaban J connectivity index is 1.45. The van der Waals surface area contributed by atoms with Crippen LogP contribution in [0, 0.1) is 11.8 Å². The van der Waals surface area contributed by atoms with Gasteiger partial charge in [-0.15, -0.1) is 0 Å². The summed E-state index contributed by atoms with van der Waals surface area (Å²) in [5, 5.41) is 11.2. The second-order valence-corrected chi connectivity index (χ2v) is 7.81. The van der Waals surface area contributed by atoms with Crippen LogP contribution >= 0.6 is 0 Å². The summed E-state index contributed by atoms with van der Waals surface area (Å²) in [5.74, 6) is 0.518. The molecule has 0 aromatic carbocycles. The molecule has 2 atom stereocenters. The zero-order valence-electron chi connectivity index (χ0n) is 14.5. The Kier molecular flexibility index (Phi) is 4.17. The molecule has 0 bridgehead atoms. The third-order valence-electron chi connectivity index (χ3n) is 6.28. The monoisotopic (exact) mass is 332 g/mol. The number of hydrogen-bond donors (Lipinski definition) is 1. The highest BCUT2D eigenvalue weighted by Crippen LogP contribution is 2.40. The van der Waals surface area contributed by atoms with E-state index < -0.39 is 5.60 Å². The van der Waals surface area contributed by atoms with Gasteiger partial charge in [-0.05, 0) is 50.2 Å². The number of hydrogen-bond acceptors (Lipinski definition) is 3. The molecule has 0 spiro atoms. The highest BCUT2D eigenvalue weighted by Gasteiger charge is 2.46. The smallest absolute Gasteiger partial charge is 0.270 e. The van der Waals surface area contributed by atoms with Crippen molar-refractivity contribution in [1.29, 1.82) is 0 Å². The summed E-state index contributed by atoms with van der Waals surface area (Å²) >= 11 is 0. The van der Waals surface area contributed by atoms with Crippen LogP contribution in [0.4, 0.5) is 0 Å². The zero-order chi connectivity index (χ0) is 16.7. The number of likely N-dealkylation sites (tertiary alicyclic amines) is 1. The van der Waals surface area contributed by atoms with Crippen molar-refractivity contribution in [2.24, 2.45) is 11.8 Å². The van der Waals surface area contributed by atoms with Crippen molar-refractivity contribution in [2.75, 3.05) is 26.3 Å². The summed E-state index contributed by atoms with van der Waals surface area (Å²) in [7, 11) is 0.